The third-order valence-corrected chi connectivity index (χ3v) is 7.52. The van der Waals surface area contributed by atoms with E-state index >= 15 is 0 Å². The second-order valence-electron chi connectivity index (χ2n) is 8.60. The Balaban J connectivity index is 1.54. The lowest BCUT2D eigenvalue weighted by Gasteiger charge is -2.24. The van der Waals surface area contributed by atoms with Crippen molar-refractivity contribution in [2.24, 2.45) is 5.73 Å². The Morgan fingerprint density at radius 2 is 2.09 bits per heavy atom. The highest BCUT2D eigenvalue weighted by Gasteiger charge is 2.30. The fraction of sp³-hybridized carbons (Fsp3) is 0.375. The zero-order valence-corrected chi connectivity index (χ0v) is 21.6. The van der Waals surface area contributed by atoms with Crippen molar-refractivity contribution in [1.29, 1.82) is 0 Å². The normalized spacial score (nSPS) is 17.5. The second kappa shape index (κ2) is 11.1. The van der Waals surface area contributed by atoms with Gasteiger partial charge in [-0.2, -0.15) is 0 Å². The first kappa shape index (κ1) is 25.6. The van der Waals surface area contributed by atoms with Crippen LogP contribution < -0.4 is 11.1 Å². The summed E-state index contributed by atoms with van der Waals surface area (Å²) >= 11 is 12.5. The molecule has 4 rings (SSSR count). The second-order valence-corrected chi connectivity index (χ2v) is 11.0. The molecule has 2 heterocycles. The molecule has 35 heavy (non-hydrogen) atoms. The highest BCUT2D eigenvalue weighted by Crippen LogP contribution is 2.26. The van der Waals surface area contributed by atoms with Crippen molar-refractivity contribution in [3.8, 4) is 0 Å². The highest BCUT2D eigenvalue weighted by atomic mass is 35.5. The van der Waals surface area contributed by atoms with Gasteiger partial charge in [0, 0.05) is 52.5 Å². The number of benzene rings is 2. The van der Waals surface area contributed by atoms with Crippen LogP contribution in [0.3, 0.4) is 0 Å². The lowest BCUT2D eigenvalue weighted by atomic mass is 10.1. The van der Waals surface area contributed by atoms with Crippen LogP contribution in [0, 0.1) is 0 Å². The molecule has 0 radical (unpaired) electrons. The number of H-pyrrole nitrogens is 1. The Kier molecular flexibility index (Phi) is 8.11. The van der Waals surface area contributed by atoms with E-state index in [2.05, 4.69) is 15.3 Å². The molecule has 2 aromatic carbocycles. The largest absolute Gasteiger partial charge is 0.342 e. The monoisotopic (exact) mass is 535 g/mol. The Morgan fingerprint density at radius 3 is 2.80 bits per heavy atom. The number of fused-ring (bicyclic) bond motifs is 1. The molecule has 1 aliphatic heterocycles. The van der Waals surface area contributed by atoms with E-state index in [0.717, 1.165) is 18.4 Å². The topological polar surface area (TPSA) is 121 Å². The van der Waals surface area contributed by atoms with Crippen LogP contribution in [0.4, 0.5) is 0 Å². The number of halogens is 2. The molecular weight excluding hydrogens is 509 g/mol. The van der Waals surface area contributed by atoms with Gasteiger partial charge in [-0.1, -0.05) is 23.2 Å². The summed E-state index contributed by atoms with van der Waals surface area (Å²) in [6.45, 7) is 1.05. The van der Waals surface area contributed by atoms with Crippen LogP contribution in [-0.2, 0) is 10.8 Å². The molecule has 0 spiro atoms. The summed E-state index contributed by atoms with van der Waals surface area (Å²) < 4.78 is 11.7. The first-order valence-electron chi connectivity index (χ1n) is 11.3. The van der Waals surface area contributed by atoms with Crippen LogP contribution >= 0.6 is 23.2 Å². The third kappa shape index (κ3) is 5.86. The van der Waals surface area contributed by atoms with E-state index in [0.29, 0.717) is 52.8 Å². The average Bonchev–Trinajstić information content (AvgIpc) is 3.47. The molecule has 1 aliphatic rings. The molecule has 1 saturated heterocycles. The molecule has 11 heteroatoms. The number of hydrogen-bond donors (Lipinski definition) is 3. The van der Waals surface area contributed by atoms with Gasteiger partial charge in [0.2, 0.25) is 0 Å². The summed E-state index contributed by atoms with van der Waals surface area (Å²) in [6, 6.07) is 9.43. The van der Waals surface area contributed by atoms with Gasteiger partial charge in [0.05, 0.1) is 27.7 Å². The molecule has 1 aromatic heterocycles. The molecule has 0 bridgehead atoms. The number of nitrogens with one attached hydrogen (secondary N) is 2. The van der Waals surface area contributed by atoms with Crippen molar-refractivity contribution < 1.29 is 13.8 Å². The van der Waals surface area contributed by atoms with Gasteiger partial charge in [0.15, 0.2) is 0 Å². The molecular formula is C24H27Cl2N5O3S. The Bertz CT molecular complexity index is 1280. The Hall–Kier alpha value is -2.46. The van der Waals surface area contributed by atoms with E-state index in [-0.39, 0.29) is 22.9 Å². The maximum Gasteiger partial charge on any atom is 0.255 e. The SMILES string of the molecule is CS(=O)CCC(NC(=O)c1ccc(C(=O)N2CCCC2CN)c(Cl)c1)c1nc2ccc(Cl)cc2[nH]1. The first-order chi connectivity index (χ1) is 16.8. The summed E-state index contributed by atoms with van der Waals surface area (Å²) in [6.07, 6.45) is 3.81. The number of imidazole rings is 1. The molecule has 186 valence electrons. The van der Waals surface area contributed by atoms with Crippen LogP contribution in [0.25, 0.3) is 11.0 Å². The number of hydrogen-bond acceptors (Lipinski definition) is 5. The summed E-state index contributed by atoms with van der Waals surface area (Å²) in [5.41, 5.74) is 7.91. The number of aromatic nitrogens is 2. The van der Waals surface area contributed by atoms with Gasteiger partial charge in [-0.15, -0.1) is 0 Å². The van der Waals surface area contributed by atoms with E-state index in [9.17, 15) is 13.8 Å². The fourth-order valence-electron chi connectivity index (χ4n) is 4.30. The van der Waals surface area contributed by atoms with Crippen molar-refractivity contribution in [1.82, 2.24) is 20.2 Å². The van der Waals surface area contributed by atoms with E-state index in [1.807, 2.05) is 0 Å². The number of nitrogens with two attached hydrogens (primary N) is 1. The molecule has 3 unspecified atom stereocenters. The van der Waals surface area contributed by atoms with E-state index in [1.165, 1.54) is 6.07 Å². The smallest absolute Gasteiger partial charge is 0.255 e. The maximum atomic E-state index is 13.1. The van der Waals surface area contributed by atoms with Crippen LogP contribution in [-0.4, -0.2) is 62.0 Å². The maximum absolute atomic E-state index is 13.1. The Labute approximate surface area is 216 Å². The van der Waals surface area contributed by atoms with E-state index < -0.39 is 16.8 Å². The number of likely N-dealkylation sites (tertiary alicyclic amines) is 1. The highest BCUT2D eigenvalue weighted by molar-refractivity contribution is 7.84. The fourth-order valence-corrected chi connectivity index (χ4v) is 5.30. The zero-order chi connectivity index (χ0) is 25.1. The first-order valence-corrected chi connectivity index (χ1v) is 13.8. The van der Waals surface area contributed by atoms with Crippen molar-refractivity contribution in [2.75, 3.05) is 25.1 Å². The molecule has 0 aliphatic carbocycles. The van der Waals surface area contributed by atoms with Gasteiger partial charge < -0.3 is 20.9 Å². The standard InChI is InChI=1S/C24H27Cl2N5O3S/c1-35(34)10-8-20(22-28-19-7-5-15(25)12-21(19)29-22)30-23(32)14-4-6-17(18(26)11-14)24(33)31-9-2-3-16(31)13-27/h4-7,11-12,16,20H,2-3,8-10,13,27H2,1H3,(H,28,29)(H,30,32). The summed E-state index contributed by atoms with van der Waals surface area (Å²) in [5, 5.41) is 3.73. The number of carbonyl (C=O) groups is 2. The molecule has 0 saturated carbocycles. The van der Waals surface area contributed by atoms with Crippen molar-refractivity contribution in [3.05, 3.63) is 63.4 Å². The minimum Gasteiger partial charge on any atom is -0.342 e. The zero-order valence-electron chi connectivity index (χ0n) is 19.2. The summed E-state index contributed by atoms with van der Waals surface area (Å²) in [5.74, 6) is 0.368. The molecule has 8 nitrogen and oxygen atoms in total. The van der Waals surface area contributed by atoms with Gasteiger partial charge in [0.25, 0.3) is 11.8 Å². The van der Waals surface area contributed by atoms with Crippen LogP contribution in [0.1, 0.15) is 51.8 Å². The molecule has 3 aromatic rings. The van der Waals surface area contributed by atoms with E-state index in [4.69, 9.17) is 28.9 Å². The van der Waals surface area contributed by atoms with Gasteiger partial charge in [-0.05, 0) is 55.7 Å². The molecule has 2 amide bonds. The lowest BCUT2D eigenvalue weighted by molar-refractivity contribution is 0.0740. The number of nitrogens with zero attached hydrogens (tertiary/aromatic N) is 2. The minimum absolute atomic E-state index is 0.00473. The third-order valence-electron chi connectivity index (χ3n) is 6.16. The van der Waals surface area contributed by atoms with Crippen LogP contribution in [0.15, 0.2) is 36.4 Å². The Morgan fingerprint density at radius 1 is 1.29 bits per heavy atom. The van der Waals surface area contributed by atoms with Gasteiger partial charge >= 0.3 is 0 Å². The lowest BCUT2D eigenvalue weighted by Crippen LogP contribution is -2.40. The van der Waals surface area contributed by atoms with Gasteiger partial charge in [-0.25, -0.2) is 4.98 Å². The van der Waals surface area contributed by atoms with Crippen molar-refractivity contribution in [2.45, 2.75) is 31.3 Å². The quantitative estimate of drug-likeness (QED) is 0.406. The predicted octanol–water partition coefficient (Wildman–Crippen LogP) is 3.67. The van der Waals surface area contributed by atoms with Crippen molar-refractivity contribution >= 4 is 56.8 Å². The van der Waals surface area contributed by atoms with Gasteiger partial charge in [-0.3, -0.25) is 13.8 Å². The minimum atomic E-state index is -1.04. The molecule has 1 fully saturated rings. The van der Waals surface area contributed by atoms with Crippen LogP contribution in [0.2, 0.25) is 10.0 Å². The summed E-state index contributed by atoms with van der Waals surface area (Å²) in [7, 11) is -1.04. The number of rotatable bonds is 8. The summed E-state index contributed by atoms with van der Waals surface area (Å²) in [4.78, 5) is 35.6. The number of aromatic amines is 1. The number of amides is 2. The van der Waals surface area contributed by atoms with Crippen LogP contribution in [0.5, 0.6) is 0 Å². The number of carbonyl (C=O) groups excluding carboxylic acids is 2. The predicted molar refractivity (Wildman–Crippen MR) is 139 cm³/mol. The van der Waals surface area contributed by atoms with Crippen molar-refractivity contribution in [3.63, 3.8) is 0 Å². The van der Waals surface area contributed by atoms with Gasteiger partial charge in [0.1, 0.15) is 5.82 Å². The molecule has 3 atom stereocenters. The van der Waals surface area contributed by atoms with E-state index in [1.54, 1.807) is 41.5 Å². The molecule has 4 N–H and O–H groups in total. The average molecular weight is 536 g/mol.